The Kier molecular flexibility index (Phi) is 8.61. The van der Waals surface area contributed by atoms with E-state index in [0.717, 1.165) is 32.4 Å². The first-order valence-corrected chi connectivity index (χ1v) is 6.73. The molecule has 2 unspecified atom stereocenters. The van der Waals surface area contributed by atoms with E-state index < -0.39 is 0 Å². The van der Waals surface area contributed by atoms with Crippen LogP contribution in [0.1, 0.15) is 52.4 Å². The van der Waals surface area contributed by atoms with Gasteiger partial charge in [0.05, 0.1) is 6.04 Å². The predicted octanol–water partition coefficient (Wildman–Crippen LogP) is 2.57. The van der Waals surface area contributed by atoms with E-state index in [0.29, 0.717) is 5.92 Å². The molecule has 2 atom stereocenters. The van der Waals surface area contributed by atoms with Gasteiger partial charge in [-0.05, 0) is 31.6 Å². The zero-order valence-corrected chi connectivity index (χ0v) is 12.0. The molecule has 2 N–H and O–H groups in total. The second-order valence-electron chi connectivity index (χ2n) is 4.98. The molecule has 102 valence electrons. The van der Waals surface area contributed by atoms with Crippen LogP contribution in [0.25, 0.3) is 0 Å². The molecule has 1 rings (SSSR count). The van der Waals surface area contributed by atoms with Crippen LogP contribution in [0.5, 0.6) is 0 Å². The molecule has 1 fully saturated rings. The summed E-state index contributed by atoms with van der Waals surface area (Å²) >= 11 is 0. The van der Waals surface area contributed by atoms with Crippen molar-refractivity contribution >= 4 is 18.3 Å². The maximum Gasteiger partial charge on any atom is 0.239 e. The van der Waals surface area contributed by atoms with E-state index in [4.69, 9.17) is 5.73 Å². The van der Waals surface area contributed by atoms with E-state index >= 15 is 0 Å². The Hall–Kier alpha value is -0.280. The number of piperidine rings is 1. The van der Waals surface area contributed by atoms with Crippen molar-refractivity contribution in [2.45, 2.75) is 58.4 Å². The first-order chi connectivity index (χ1) is 7.69. The minimum atomic E-state index is -0.273. The second kappa shape index (κ2) is 8.76. The number of hydrogen-bond acceptors (Lipinski definition) is 2. The fourth-order valence-electron chi connectivity index (χ4n) is 2.58. The Balaban J connectivity index is 0.00000256. The number of likely N-dealkylation sites (tertiary alicyclic amines) is 1. The van der Waals surface area contributed by atoms with E-state index in [1.54, 1.807) is 0 Å². The lowest BCUT2D eigenvalue weighted by atomic mass is 9.93. The predicted molar refractivity (Wildman–Crippen MR) is 74.3 cm³/mol. The largest absolute Gasteiger partial charge is 0.341 e. The minimum Gasteiger partial charge on any atom is -0.341 e. The highest BCUT2D eigenvalue weighted by Gasteiger charge is 2.25. The first kappa shape index (κ1) is 16.7. The molecule has 0 aromatic rings. The van der Waals surface area contributed by atoms with Crippen molar-refractivity contribution in [1.29, 1.82) is 0 Å². The van der Waals surface area contributed by atoms with E-state index in [9.17, 15) is 4.79 Å². The fourth-order valence-corrected chi connectivity index (χ4v) is 2.58. The molecule has 1 saturated heterocycles. The monoisotopic (exact) mass is 262 g/mol. The minimum absolute atomic E-state index is 0. The van der Waals surface area contributed by atoms with Crippen molar-refractivity contribution in [3.63, 3.8) is 0 Å². The molecular formula is C13H27ClN2O. The molecule has 4 heteroatoms. The Bertz CT molecular complexity index is 221. The van der Waals surface area contributed by atoms with Gasteiger partial charge in [-0.3, -0.25) is 4.79 Å². The highest BCUT2D eigenvalue weighted by Crippen LogP contribution is 2.21. The van der Waals surface area contributed by atoms with Crippen molar-refractivity contribution < 1.29 is 4.79 Å². The van der Waals surface area contributed by atoms with Gasteiger partial charge in [0.15, 0.2) is 0 Å². The van der Waals surface area contributed by atoms with Gasteiger partial charge in [-0.2, -0.15) is 0 Å². The maximum absolute atomic E-state index is 12.0. The molecular weight excluding hydrogens is 236 g/mol. The SMILES string of the molecule is CCCC1CCCN(C(=O)C(N)CCC)C1.Cl. The standard InChI is InChI=1S/C13H26N2O.ClH/c1-3-6-11-8-5-9-15(10-11)13(16)12(14)7-4-2;/h11-12H,3-10,14H2,1-2H3;1H. The van der Waals surface area contributed by atoms with Gasteiger partial charge in [-0.1, -0.05) is 26.7 Å². The van der Waals surface area contributed by atoms with E-state index in [2.05, 4.69) is 13.8 Å². The number of rotatable bonds is 5. The van der Waals surface area contributed by atoms with E-state index in [1.165, 1.54) is 19.3 Å². The lowest BCUT2D eigenvalue weighted by Gasteiger charge is -2.34. The lowest BCUT2D eigenvalue weighted by Crippen LogP contribution is -2.47. The Morgan fingerprint density at radius 2 is 2.12 bits per heavy atom. The smallest absolute Gasteiger partial charge is 0.239 e. The molecule has 0 bridgehead atoms. The number of amides is 1. The van der Waals surface area contributed by atoms with Crippen LogP contribution < -0.4 is 5.73 Å². The zero-order valence-electron chi connectivity index (χ0n) is 11.2. The molecule has 0 aromatic heterocycles. The molecule has 17 heavy (non-hydrogen) atoms. The van der Waals surface area contributed by atoms with Gasteiger partial charge in [-0.25, -0.2) is 0 Å². The molecule has 1 aliphatic heterocycles. The number of halogens is 1. The number of hydrogen-bond donors (Lipinski definition) is 1. The highest BCUT2D eigenvalue weighted by atomic mass is 35.5. The van der Waals surface area contributed by atoms with Crippen molar-refractivity contribution in [2.75, 3.05) is 13.1 Å². The Labute approximate surface area is 112 Å². The fraction of sp³-hybridized carbons (Fsp3) is 0.923. The highest BCUT2D eigenvalue weighted by molar-refractivity contribution is 5.85. The Morgan fingerprint density at radius 3 is 2.71 bits per heavy atom. The lowest BCUT2D eigenvalue weighted by molar-refractivity contribution is -0.134. The van der Waals surface area contributed by atoms with Crippen LogP contribution in [0.15, 0.2) is 0 Å². The molecule has 1 amide bonds. The zero-order chi connectivity index (χ0) is 12.0. The number of carbonyl (C=O) groups excluding carboxylic acids is 1. The average Bonchev–Trinajstić information content (AvgIpc) is 2.29. The molecule has 3 nitrogen and oxygen atoms in total. The summed E-state index contributed by atoms with van der Waals surface area (Å²) < 4.78 is 0. The summed E-state index contributed by atoms with van der Waals surface area (Å²) in [4.78, 5) is 14.0. The second-order valence-corrected chi connectivity index (χ2v) is 4.98. The van der Waals surface area contributed by atoms with Gasteiger partial charge in [0.25, 0.3) is 0 Å². The third-order valence-electron chi connectivity index (χ3n) is 3.44. The van der Waals surface area contributed by atoms with Gasteiger partial charge >= 0.3 is 0 Å². The summed E-state index contributed by atoms with van der Waals surface area (Å²) in [7, 11) is 0. The molecule has 0 spiro atoms. The van der Waals surface area contributed by atoms with Crippen molar-refractivity contribution in [3.8, 4) is 0 Å². The van der Waals surface area contributed by atoms with Crippen LogP contribution in [-0.2, 0) is 4.79 Å². The van der Waals surface area contributed by atoms with Gasteiger partial charge in [-0.15, -0.1) is 12.4 Å². The van der Waals surface area contributed by atoms with Gasteiger partial charge in [0.2, 0.25) is 5.91 Å². The summed E-state index contributed by atoms with van der Waals surface area (Å²) in [5.41, 5.74) is 5.89. The van der Waals surface area contributed by atoms with Gasteiger partial charge < -0.3 is 10.6 Å². The molecule has 0 radical (unpaired) electrons. The number of nitrogens with zero attached hydrogens (tertiary/aromatic N) is 1. The normalized spacial score (nSPS) is 21.8. The van der Waals surface area contributed by atoms with Crippen LogP contribution in [0.2, 0.25) is 0 Å². The molecule has 0 saturated carbocycles. The van der Waals surface area contributed by atoms with Crippen LogP contribution in [0.3, 0.4) is 0 Å². The van der Waals surface area contributed by atoms with Gasteiger partial charge in [0.1, 0.15) is 0 Å². The van der Waals surface area contributed by atoms with E-state index in [1.807, 2.05) is 4.90 Å². The quantitative estimate of drug-likeness (QED) is 0.828. The van der Waals surface area contributed by atoms with Crippen LogP contribution in [0.4, 0.5) is 0 Å². The summed E-state index contributed by atoms with van der Waals surface area (Å²) in [5, 5.41) is 0. The molecule has 0 aliphatic carbocycles. The summed E-state index contributed by atoms with van der Waals surface area (Å²) in [6.07, 6.45) is 6.68. The third kappa shape index (κ3) is 5.26. The third-order valence-corrected chi connectivity index (χ3v) is 3.44. The van der Waals surface area contributed by atoms with Crippen molar-refractivity contribution in [3.05, 3.63) is 0 Å². The van der Waals surface area contributed by atoms with Gasteiger partial charge in [0, 0.05) is 13.1 Å². The van der Waals surface area contributed by atoms with Crippen LogP contribution >= 0.6 is 12.4 Å². The number of nitrogens with two attached hydrogens (primary N) is 1. The maximum atomic E-state index is 12.0. The summed E-state index contributed by atoms with van der Waals surface area (Å²) in [6, 6.07) is -0.273. The average molecular weight is 263 g/mol. The summed E-state index contributed by atoms with van der Waals surface area (Å²) in [5.74, 6) is 0.874. The van der Waals surface area contributed by atoms with Crippen molar-refractivity contribution in [1.82, 2.24) is 4.90 Å². The Morgan fingerprint density at radius 1 is 1.41 bits per heavy atom. The van der Waals surface area contributed by atoms with Crippen molar-refractivity contribution in [2.24, 2.45) is 11.7 Å². The molecule has 1 aliphatic rings. The number of carbonyl (C=O) groups is 1. The topological polar surface area (TPSA) is 46.3 Å². The van der Waals surface area contributed by atoms with Crippen LogP contribution in [-0.4, -0.2) is 29.9 Å². The first-order valence-electron chi connectivity index (χ1n) is 6.73. The van der Waals surface area contributed by atoms with E-state index in [-0.39, 0.29) is 24.4 Å². The molecule has 1 heterocycles. The summed E-state index contributed by atoms with van der Waals surface area (Å²) in [6.45, 7) is 6.13. The molecule has 0 aromatic carbocycles. The van der Waals surface area contributed by atoms with Crippen LogP contribution in [0, 0.1) is 5.92 Å².